The zero-order valence-corrected chi connectivity index (χ0v) is 21.6. The summed E-state index contributed by atoms with van der Waals surface area (Å²) in [6, 6.07) is 10.9. The molecule has 1 amide bonds. The van der Waals surface area contributed by atoms with Crippen molar-refractivity contribution in [3.05, 3.63) is 52.7 Å². The van der Waals surface area contributed by atoms with Crippen LogP contribution >= 0.6 is 11.6 Å². The van der Waals surface area contributed by atoms with Crippen molar-refractivity contribution in [2.45, 2.75) is 38.2 Å². The Kier molecular flexibility index (Phi) is 6.27. The van der Waals surface area contributed by atoms with E-state index < -0.39 is 10.0 Å². The van der Waals surface area contributed by atoms with E-state index >= 15 is 0 Å². The maximum absolute atomic E-state index is 13.0. The normalized spacial score (nSPS) is 20.0. The van der Waals surface area contributed by atoms with Crippen molar-refractivity contribution in [1.29, 1.82) is 0 Å². The van der Waals surface area contributed by atoms with Gasteiger partial charge >= 0.3 is 0 Å². The minimum absolute atomic E-state index is 0.145. The van der Waals surface area contributed by atoms with Crippen LogP contribution < -0.4 is 9.62 Å². The van der Waals surface area contributed by atoms with Gasteiger partial charge in [-0.1, -0.05) is 11.6 Å². The minimum atomic E-state index is -3.53. The molecule has 2 fully saturated rings. The number of amides is 1. The average molecular weight is 517 g/mol. The van der Waals surface area contributed by atoms with E-state index in [-0.39, 0.29) is 17.9 Å². The van der Waals surface area contributed by atoms with Gasteiger partial charge in [-0.25, -0.2) is 13.1 Å². The van der Waals surface area contributed by atoms with Crippen LogP contribution in [0.4, 0.5) is 5.69 Å². The van der Waals surface area contributed by atoms with Crippen molar-refractivity contribution in [1.82, 2.24) is 15.1 Å². The first-order valence-electron chi connectivity index (χ1n) is 11.8. The molecule has 2 heterocycles. The monoisotopic (exact) mass is 516 g/mol. The Morgan fingerprint density at radius 3 is 2.51 bits per heavy atom. The lowest BCUT2D eigenvalue weighted by Gasteiger charge is -2.36. The van der Waals surface area contributed by atoms with Gasteiger partial charge in [0.15, 0.2) is 0 Å². The second-order valence-electron chi connectivity index (χ2n) is 9.44. The number of fused-ring (bicyclic) bond motifs is 1. The smallest absolute Gasteiger partial charge is 0.270 e. The van der Waals surface area contributed by atoms with Crippen LogP contribution in [0.1, 0.15) is 48.2 Å². The van der Waals surface area contributed by atoms with E-state index in [0.717, 1.165) is 24.8 Å². The predicted octanol–water partition coefficient (Wildman–Crippen LogP) is 4.11. The van der Waals surface area contributed by atoms with Crippen LogP contribution in [0.2, 0.25) is 5.02 Å². The molecule has 2 unspecified atom stereocenters. The van der Waals surface area contributed by atoms with Crippen molar-refractivity contribution in [2.75, 3.05) is 30.8 Å². The molecule has 35 heavy (non-hydrogen) atoms. The van der Waals surface area contributed by atoms with Gasteiger partial charge in [0.25, 0.3) is 5.91 Å². The van der Waals surface area contributed by atoms with E-state index in [0.29, 0.717) is 52.1 Å². The molecule has 8 nitrogen and oxygen atoms in total. The fraction of sp³-hybridized carbons (Fsp3) is 0.440. The lowest BCUT2D eigenvalue weighted by molar-refractivity contribution is -0.104. The second kappa shape index (κ2) is 9.11. The number of nitrogens with one attached hydrogen (secondary N) is 1. The molecule has 1 aliphatic carbocycles. The number of carbonyl (C=O) groups excluding carboxylic acids is 1. The van der Waals surface area contributed by atoms with Gasteiger partial charge in [0.1, 0.15) is 5.69 Å². The molecule has 2 aliphatic rings. The third-order valence-corrected chi connectivity index (χ3v) is 8.39. The molecule has 2 atom stereocenters. The predicted molar refractivity (Wildman–Crippen MR) is 137 cm³/mol. The van der Waals surface area contributed by atoms with Crippen molar-refractivity contribution in [2.24, 2.45) is 5.92 Å². The van der Waals surface area contributed by atoms with E-state index in [9.17, 15) is 13.2 Å². The van der Waals surface area contributed by atoms with E-state index in [1.54, 1.807) is 36.0 Å². The van der Waals surface area contributed by atoms with Gasteiger partial charge in [-0.3, -0.25) is 9.10 Å². The van der Waals surface area contributed by atoms with Crippen molar-refractivity contribution in [3.63, 3.8) is 0 Å². The summed E-state index contributed by atoms with van der Waals surface area (Å²) >= 11 is 6.06. The lowest BCUT2D eigenvalue weighted by atomic mass is 9.95. The topological polar surface area (TPSA) is 93.5 Å². The Bertz CT molecular complexity index is 1380. The van der Waals surface area contributed by atoms with Crippen molar-refractivity contribution in [3.8, 4) is 5.69 Å². The van der Waals surface area contributed by atoms with Crippen molar-refractivity contribution < 1.29 is 17.9 Å². The van der Waals surface area contributed by atoms with E-state index in [4.69, 9.17) is 21.4 Å². The SMILES string of the molecule is CNC(=O)c1c2cc(C3CC3)c(N(CCC3COC3C)S(C)(=O)=O)cc2nn1-c1ccc(Cl)cc1. The fourth-order valence-corrected chi connectivity index (χ4v) is 5.75. The largest absolute Gasteiger partial charge is 0.378 e. The number of hydrogen-bond donors (Lipinski definition) is 1. The van der Waals surface area contributed by atoms with Gasteiger partial charge in [-0.15, -0.1) is 0 Å². The number of hydrogen-bond acceptors (Lipinski definition) is 5. The Balaban J connectivity index is 1.66. The first-order valence-corrected chi connectivity index (χ1v) is 14.0. The average Bonchev–Trinajstić information content (AvgIpc) is 3.59. The first kappa shape index (κ1) is 24.1. The Hall–Kier alpha value is -2.62. The summed E-state index contributed by atoms with van der Waals surface area (Å²) in [5.74, 6) is 0.341. The molecule has 0 radical (unpaired) electrons. The second-order valence-corrected chi connectivity index (χ2v) is 11.8. The molecule has 3 aromatic rings. The molecule has 2 aromatic carbocycles. The summed E-state index contributed by atoms with van der Waals surface area (Å²) in [7, 11) is -1.95. The molecular formula is C25H29ClN4O4S. The quantitative estimate of drug-likeness (QED) is 0.486. The molecule has 1 N–H and O–H groups in total. The summed E-state index contributed by atoms with van der Waals surface area (Å²) < 4.78 is 34.4. The van der Waals surface area contributed by atoms with Crippen LogP contribution in [-0.2, 0) is 14.8 Å². The molecule has 1 aromatic heterocycles. The first-order chi connectivity index (χ1) is 16.7. The molecule has 186 valence electrons. The minimum Gasteiger partial charge on any atom is -0.378 e. The maximum atomic E-state index is 13.0. The van der Waals surface area contributed by atoms with E-state index in [1.807, 2.05) is 19.1 Å². The highest BCUT2D eigenvalue weighted by molar-refractivity contribution is 7.92. The van der Waals surface area contributed by atoms with Gasteiger partial charge < -0.3 is 10.1 Å². The standard InChI is InChI=1S/C25H29ClN4O4S/c1-15-17(14-34-15)10-11-29(35(3,32)33)23-13-22-21(12-20(23)16-4-5-16)24(25(31)27-2)30(28-22)19-8-6-18(26)7-9-19/h6-9,12-13,15-17H,4-5,10-11,14H2,1-3H3,(H,27,31). The van der Waals surface area contributed by atoms with Crippen LogP contribution in [0.5, 0.6) is 0 Å². The van der Waals surface area contributed by atoms with E-state index in [1.165, 1.54) is 10.6 Å². The molecule has 1 saturated heterocycles. The van der Waals surface area contributed by atoms with Crippen LogP contribution in [0.15, 0.2) is 36.4 Å². The Morgan fingerprint density at radius 1 is 1.26 bits per heavy atom. The van der Waals surface area contributed by atoms with Gasteiger partial charge in [-0.2, -0.15) is 5.10 Å². The molecule has 10 heteroatoms. The molecule has 1 saturated carbocycles. The van der Waals surface area contributed by atoms with Gasteiger partial charge in [0.05, 0.1) is 35.9 Å². The summed E-state index contributed by atoms with van der Waals surface area (Å²) in [5, 5.41) is 8.72. The zero-order valence-electron chi connectivity index (χ0n) is 20.0. The zero-order chi connectivity index (χ0) is 24.9. The number of halogens is 1. The third-order valence-electron chi connectivity index (χ3n) is 6.96. The van der Waals surface area contributed by atoms with Crippen LogP contribution in [0.3, 0.4) is 0 Å². The molecule has 0 spiro atoms. The summed E-state index contributed by atoms with van der Waals surface area (Å²) in [4.78, 5) is 13.0. The number of rotatable bonds is 8. The van der Waals surface area contributed by atoms with Crippen LogP contribution in [0, 0.1) is 5.92 Å². The summed E-state index contributed by atoms with van der Waals surface area (Å²) in [5.41, 5.74) is 3.26. The van der Waals surface area contributed by atoms with E-state index in [2.05, 4.69) is 5.32 Å². The molecule has 1 aliphatic heterocycles. The van der Waals surface area contributed by atoms with Gasteiger partial charge in [0, 0.05) is 29.9 Å². The number of benzene rings is 2. The molecule has 5 rings (SSSR count). The fourth-order valence-electron chi connectivity index (χ4n) is 4.67. The number of sulfonamides is 1. The number of ether oxygens (including phenoxy) is 1. The summed E-state index contributed by atoms with van der Waals surface area (Å²) in [6.45, 7) is 3.06. The van der Waals surface area contributed by atoms with Gasteiger partial charge in [-0.05, 0) is 74.1 Å². The third kappa shape index (κ3) is 4.64. The lowest BCUT2D eigenvalue weighted by Crippen LogP contribution is -2.41. The molecule has 0 bridgehead atoms. The van der Waals surface area contributed by atoms with Crippen LogP contribution in [0.25, 0.3) is 16.6 Å². The number of carbonyl (C=O) groups is 1. The molecular weight excluding hydrogens is 488 g/mol. The Morgan fingerprint density at radius 2 is 1.97 bits per heavy atom. The Labute approximate surface area is 210 Å². The summed E-state index contributed by atoms with van der Waals surface area (Å²) in [6.07, 6.45) is 4.09. The highest BCUT2D eigenvalue weighted by atomic mass is 35.5. The number of anilines is 1. The maximum Gasteiger partial charge on any atom is 0.270 e. The highest BCUT2D eigenvalue weighted by Crippen LogP contribution is 2.47. The van der Waals surface area contributed by atoms with Crippen LogP contribution in [-0.4, -0.2) is 56.7 Å². The number of nitrogens with zero attached hydrogens (tertiary/aromatic N) is 3. The highest BCUT2D eigenvalue weighted by Gasteiger charge is 2.34. The van der Waals surface area contributed by atoms with Gasteiger partial charge in [0.2, 0.25) is 10.0 Å². The number of aromatic nitrogens is 2. The van der Waals surface area contributed by atoms with Crippen molar-refractivity contribution >= 4 is 44.1 Å².